The van der Waals surface area contributed by atoms with Gasteiger partial charge in [-0.25, -0.2) is 0 Å². The molecule has 4 heteroatoms. The number of rotatable bonds is 5. The van der Waals surface area contributed by atoms with Crippen LogP contribution in [0.15, 0.2) is 52.5 Å². The Morgan fingerprint density at radius 1 is 1.03 bits per heavy atom. The Kier molecular flexibility index (Phi) is 5.31. The summed E-state index contributed by atoms with van der Waals surface area (Å²) in [4.78, 5) is 0. The molecular weight excluding hydrogens is 358 g/mol. The van der Waals surface area contributed by atoms with Gasteiger partial charge in [-0.3, -0.25) is 0 Å². The first-order valence-corrected chi connectivity index (χ1v) is 10.2. The monoisotopic (exact) mass is 383 g/mol. The minimum absolute atomic E-state index is 0.444. The van der Waals surface area contributed by atoms with E-state index in [4.69, 9.17) is 4.42 Å². The van der Waals surface area contributed by atoms with Crippen LogP contribution in [0.3, 0.4) is 0 Å². The Hall–Kier alpha value is -3.19. The lowest BCUT2D eigenvalue weighted by molar-refractivity contribution is 0.584. The van der Waals surface area contributed by atoms with Gasteiger partial charge in [0.15, 0.2) is 0 Å². The fourth-order valence-corrected chi connectivity index (χ4v) is 3.85. The number of fused-ring (bicyclic) bond motifs is 1. The van der Waals surface area contributed by atoms with Gasteiger partial charge in [0.2, 0.25) is 11.8 Å². The second kappa shape index (κ2) is 8.05. The molecule has 0 aliphatic heterocycles. The summed E-state index contributed by atoms with van der Waals surface area (Å²) >= 11 is 0. The zero-order valence-electron chi connectivity index (χ0n) is 17.2. The molecule has 4 nitrogen and oxygen atoms in total. The van der Waals surface area contributed by atoms with E-state index in [2.05, 4.69) is 55.2 Å². The number of nitriles is 1. The molecule has 1 aromatic heterocycles. The molecule has 29 heavy (non-hydrogen) atoms. The minimum atomic E-state index is 0.444. The molecule has 0 bridgehead atoms. The van der Waals surface area contributed by atoms with Gasteiger partial charge in [-0.1, -0.05) is 44.6 Å². The van der Waals surface area contributed by atoms with Crippen LogP contribution in [0.2, 0.25) is 0 Å². The molecule has 0 atom stereocenters. The number of hydrogen-bond donors (Lipinski definition) is 0. The van der Waals surface area contributed by atoms with Crippen LogP contribution in [-0.4, -0.2) is 10.2 Å². The molecule has 146 valence electrons. The van der Waals surface area contributed by atoms with Crippen LogP contribution < -0.4 is 0 Å². The fourth-order valence-electron chi connectivity index (χ4n) is 3.85. The number of nitrogens with zero attached hydrogens (tertiary/aromatic N) is 3. The van der Waals surface area contributed by atoms with Gasteiger partial charge in [-0.15, -0.1) is 10.2 Å². The van der Waals surface area contributed by atoms with Crippen molar-refractivity contribution in [1.82, 2.24) is 10.2 Å². The highest BCUT2D eigenvalue weighted by Gasteiger charge is 2.16. The predicted octanol–water partition coefficient (Wildman–Crippen LogP) is 5.91. The van der Waals surface area contributed by atoms with Crippen molar-refractivity contribution < 1.29 is 4.42 Å². The van der Waals surface area contributed by atoms with E-state index in [1.807, 2.05) is 24.3 Å². The molecule has 2 aromatic carbocycles. The third-order valence-electron chi connectivity index (χ3n) is 5.47. The summed E-state index contributed by atoms with van der Waals surface area (Å²) in [5, 5.41) is 18.0. The molecule has 0 saturated heterocycles. The molecule has 0 radical (unpaired) electrons. The van der Waals surface area contributed by atoms with Crippen LogP contribution in [0, 0.1) is 17.2 Å². The standard InChI is InChI=1S/C25H25N3O/c1-4-17-5-6-18-7-9-20(13-22(18)12-17)24-27-28-25(29-24)21-10-8-19(11-16(2)3)23(14-21)15-26/h5,7-10,13-14,16H,4,6,11-12H2,1-3H3. The average molecular weight is 383 g/mol. The summed E-state index contributed by atoms with van der Waals surface area (Å²) in [6.07, 6.45) is 6.28. The molecule has 0 spiro atoms. The first-order valence-electron chi connectivity index (χ1n) is 10.2. The Bertz CT molecular complexity index is 1120. The molecule has 0 amide bonds. The van der Waals surface area contributed by atoms with Gasteiger partial charge in [0.1, 0.15) is 0 Å². The SMILES string of the molecule is CCC1=CCc2ccc(-c3nnc(-c4ccc(CC(C)C)c(C#N)c4)o3)cc2C1. The first kappa shape index (κ1) is 19.1. The fraction of sp³-hybridized carbons (Fsp3) is 0.320. The van der Waals surface area contributed by atoms with Crippen molar-refractivity contribution in [3.8, 4) is 29.0 Å². The molecule has 1 aliphatic carbocycles. The molecule has 1 heterocycles. The first-order chi connectivity index (χ1) is 14.1. The maximum atomic E-state index is 9.52. The third kappa shape index (κ3) is 4.00. The van der Waals surface area contributed by atoms with Crippen LogP contribution in [0.1, 0.15) is 49.4 Å². The summed E-state index contributed by atoms with van der Waals surface area (Å²) in [5.74, 6) is 1.45. The van der Waals surface area contributed by atoms with Gasteiger partial charge in [0.25, 0.3) is 0 Å². The van der Waals surface area contributed by atoms with E-state index in [-0.39, 0.29) is 0 Å². The van der Waals surface area contributed by atoms with Crippen molar-refractivity contribution in [2.75, 3.05) is 0 Å². The van der Waals surface area contributed by atoms with E-state index in [0.29, 0.717) is 23.3 Å². The quantitative estimate of drug-likeness (QED) is 0.514. The lowest BCUT2D eigenvalue weighted by Crippen LogP contribution is -2.02. The van der Waals surface area contributed by atoms with Crippen molar-refractivity contribution in [3.63, 3.8) is 0 Å². The van der Waals surface area contributed by atoms with Crippen LogP contribution in [0.4, 0.5) is 0 Å². The van der Waals surface area contributed by atoms with Crippen LogP contribution in [-0.2, 0) is 19.3 Å². The maximum absolute atomic E-state index is 9.52. The van der Waals surface area contributed by atoms with Crippen molar-refractivity contribution in [2.24, 2.45) is 5.92 Å². The summed E-state index contributed by atoms with van der Waals surface area (Å²) < 4.78 is 5.97. The molecular formula is C25H25N3O. The number of benzene rings is 2. The largest absolute Gasteiger partial charge is 0.416 e. The van der Waals surface area contributed by atoms with Gasteiger partial charge in [-0.05, 0) is 72.6 Å². The van der Waals surface area contributed by atoms with Gasteiger partial charge in [0, 0.05) is 11.1 Å². The van der Waals surface area contributed by atoms with Gasteiger partial charge >= 0.3 is 0 Å². The Labute approximate surface area is 171 Å². The second-order valence-corrected chi connectivity index (χ2v) is 8.07. The second-order valence-electron chi connectivity index (χ2n) is 8.07. The smallest absolute Gasteiger partial charge is 0.248 e. The van der Waals surface area contributed by atoms with Crippen LogP contribution >= 0.6 is 0 Å². The topological polar surface area (TPSA) is 62.7 Å². The van der Waals surface area contributed by atoms with Gasteiger partial charge in [-0.2, -0.15) is 5.26 Å². The highest BCUT2D eigenvalue weighted by atomic mass is 16.4. The molecule has 0 unspecified atom stereocenters. The summed E-state index contributed by atoms with van der Waals surface area (Å²) in [5.41, 5.74) is 7.63. The third-order valence-corrected chi connectivity index (χ3v) is 5.47. The molecule has 0 fully saturated rings. The summed E-state index contributed by atoms with van der Waals surface area (Å²) in [6.45, 7) is 6.50. The van der Waals surface area contributed by atoms with E-state index in [1.165, 1.54) is 16.7 Å². The highest BCUT2D eigenvalue weighted by Crippen LogP contribution is 2.30. The Balaban J connectivity index is 1.62. The summed E-state index contributed by atoms with van der Waals surface area (Å²) in [7, 11) is 0. The normalized spacial score (nSPS) is 13.1. The number of hydrogen-bond acceptors (Lipinski definition) is 4. The number of aromatic nitrogens is 2. The van der Waals surface area contributed by atoms with Crippen molar-refractivity contribution in [1.29, 1.82) is 5.26 Å². The van der Waals surface area contributed by atoms with Crippen LogP contribution in [0.25, 0.3) is 22.9 Å². The van der Waals surface area contributed by atoms with Crippen molar-refractivity contribution in [2.45, 2.75) is 46.5 Å². The van der Waals surface area contributed by atoms with Gasteiger partial charge < -0.3 is 4.42 Å². The number of allylic oxidation sites excluding steroid dienone is 2. The van der Waals surface area contributed by atoms with E-state index in [0.717, 1.165) is 42.4 Å². The summed E-state index contributed by atoms with van der Waals surface area (Å²) in [6, 6.07) is 14.5. The zero-order valence-corrected chi connectivity index (χ0v) is 17.2. The van der Waals surface area contributed by atoms with Gasteiger partial charge in [0.05, 0.1) is 11.6 Å². The molecule has 0 N–H and O–H groups in total. The molecule has 0 saturated carbocycles. The Morgan fingerprint density at radius 2 is 1.76 bits per heavy atom. The molecule has 3 aromatic rings. The molecule has 4 rings (SSSR count). The van der Waals surface area contributed by atoms with E-state index >= 15 is 0 Å². The zero-order chi connectivity index (χ0) is 20.4. The Morgan fingerprint density at radius 3 is 2.45 bits per heavy atom. The van der Waals surface area contributed by atoms with E-state index in [1.54, 1.807) is 0 Å². The maximum Gasteiger partial charge on any atom is 0.248 e. The van der Waals surface area contributed by atoms with Crippen LogP contribution in [0.5, 0.6) is 0 Å². The van der Waals surface area contributed by atoms with E-state index < -0.39 is 0 Å². The van der Waals surface area contributed by atoms with Crippen molar-refractivity contribution >= 4 is 0 Å². The predicted molar refractivity (Wildman–Crippen MR) is 114 cm³/mol. The lowest BCUT2D eigenvalue weighted by Gasteiger charge is -2.16. The van der Waals surface area contributed by atoms with Crippen molar-refractivity contribution in [3.05, 3.63) is 70.3 Å². The minimum Gasteiger partial charge on any atom is -0.416 e. The highest BCUT2D eigenvalue weighted by molar-refractivity contribution is 5.62. The van der Waals surface area contributed by atoms with E-state index in [9.17, 15) is 5.26 Å². The lowest BCUT2D eigenvalue weighted by atomic mass is 9.89. The average Bonchev–Trinajstić information content (AvgIpc) is 3.23. The molecule has 1 aliphatic rings.